The van der Waals surface area contributed by atoms with Crippen LogP contribution >= 0.6 is 0 Å². The number of azo groups is 1. The summed E-state index contributed by atoms with van der Waals surface area (Å²) in [6, 6.07) is 9.87. The molecule has 0 bridgehead atoms. The summed E-state index contributed by atoms with van der Waals surface area (Å²) < 4.78 is 3.31. The van der Waals surface area contributed by atoms with Crippen molar-refractivity contribution in [1.82, 2.24) is 4.57 Å². The summed E-state index contributed by atoms with van der Waals surface area (Å²) in [5.74, 6) is 3.72. The van der Waals surface area contributed by atoms with Crippen molar-refractivity contribution in [3.63, 3.8) is 0 Å². The van der Waals surface area contributed by atoms with E-state index >= 15 is 0 Å². The molecule has 136 valence electrons. The second-order valence-corrected chi connectivity index (χ2v) is 6.57. The number of nitrogens with one attached hydrogen (secondary N) is 1. The molecule has 0 fully saturated rings. The molecule has 0 atom stereocenters. The molecule has 0 spiro atoms. The van der Waals surface area contributed by atoms with Crippen molar-refractivity contribution in [2.24, 2.45) is 10.2 Å². The molecule has 0 saturated carbocycles. The minimum Gasteiger partial charge on any atom is -0.307 e. The Labute approximate surface area is 155 Å². The Kier molecular flexibility index (Phi) is 5.29. The zero-order valence-corrected chi connectivity index (χ0v) is 15.8. The Morgan fingerprint density at radius 2 is 1.96 bits per heavy atom. The fourth-order valence-electron chi connectivity index (χ4n) is 3.39. The Morgan fingerprint density at radius 3 is 2.65 bits per heavy atom. The zero-order valence-electron chi connectivity index (χ0n) is 15.8. The molecule has 1 N–H and O–H groups in total. The van der Waals surface area contributed by atoms with Crippen molar-refractivity contribution in [3.05, 3.63) is 42.1 Å². The molecule has 1 aromatic heterocycles. The van der Waals surface area contributed by atoms with Gasteiger partial charge in [0, 0.05) is 11.8 Å². The number of fused-ring (bicyclic) bond motifs is 1. The first-order valence-corrected chi connectivity index (χ1v) is 9.17. The van der Waals surface area contributed by atoms with E-state index in [2.05, 4.69) is 53.1 Å². The van der Waals surface area contributed by atoms with Gasteiger partial charge in [0.2, 0.25) is 0 Å². The molecule has 0 unspecified atom stereocenters. The molecule has 2 heterocycles. The number of nitrogens with zero attached hydrogens (tertiary/aromatic N) is 5. The van der Waals surface area contributed by atoms with Gasteiger partial charge in [0.1, 0.15) is 5.69 Å². The van der Waals surface area contributed by atoms with Crippen molar-refractivity contribution < 1.29 is 4.48 Å². The number of hydrazine groups is 1. The number of quaternary nitrogens is 1. The zero-order chi connectivity index (χ0) is 18.6. The van der Waals surface area contributed by atoms with Gasteiger partial charge >= 0.3 is 0 Å². The second-order valence-electron chi connectivity index (χ2n) is 6.57. The van der Waals surface area contributed by atoms with Gasteiger partial charge < -0.3 is 4.48 Å². The van der Waals surface area contributed by atoms with Crippen LogP contribution < -0.4 is 10.4 Å². The van der Waals surface area contributed by atoms with Crippen molar-refractivity contribution >= 4 is 17.2 Å². The summed E-state index contributed by atoms with van der Waals surface area (Å²) >= 11 is 0. The minimum atomic E-state index is 0.460. The van der Waals surface area contributed by atoms with Crippen LogP contribution in [0, 0.1) is 12.3 Å². The van der Waals surface area contributed by atoms with Crippen LogP contribution in [0.1, 0.15) is 26.3 Å². The lowest BCUT2D eigenvalue weighted by Gasteiger charge is -2.37. The van der Waals surface area contributed by atoms with Crippen LogP contribution in [0.4, 0.5) is 17.2 Å². The van der Waals surface area contributed by atoms with E-state index in [1.807, 2.05) is 35.3 Å². The predicted octanol–water partition coefficient (Wildman–Crippen LogP) is 4.19. The van der Waals surface area contributed by atoms with Crippen molar-refractivity contribution in [2.75, 3.05) is 36.7 Å². The van der Waals surface area contributed by atoms with E-state index < -0.39 is 0 Å². The molecular formula is C20H27N6+. The normalized spacial score (nSPS) is 13.4. The lowest BCUT2D eigenvalue weighted by molar-refractivity contribution is -0.944. The van der Waals surface area contributed by atoms with E-state index in [9.17, 15) is 0 Å². The van der Waals surface area contributed by atoms with E-state index in [0.717, 1.165) is 53.5 Å². The maximum atomic E-state index is 5.52. The predicted molar refractivity (Wildman–Crippen MR) is 106 cm³/mol. The van der Waals surface area contributed by atoms with E-state index in [4.69, 9.17) is 6.42 Å². The topological polar surface area (TPSA) is 44.9 Å². The fourth-order valence-corrected chi connectivity index (χ4v) is 3.39. The highest BCUT2D eigenvalue weighted by Gasteiger charge is 2.27. The molecule has 2 aromatic rings. The SMILES string of the molecule is C#Cc1cccc(NN2CN=Nc3ccn(C[N+](CC)(CC)CC)c32)c1. The molecule has 6 heteroatoms. The number of hydrogen-bond donors (Lipinski definition) is 1. The minimum absolute atomic E-state index is 0.460. The van der Waals surface area contributed by atoms with Crippen LogP contribution in [0.2, 0.25) is 0 Å². The maximum absolute atomic E-state index is 5.52. The fraction of sp³-hybridized carbons (Fsp3) is 0.400. The lowest BCUT2D eigenvalue weighted by Crippen LogP contribution is -2.49. The molecule has 1 aliphatic heterocycles. The van der Waals surface area contributed by atoms with Gasteiger partial charge in [-0.25, -0.2) is 5.01 Å². The summed E-state index contributed by atoms with van der Waals surface area (Å²) in [4.78, 5) is 0. The van der Waals surface area contributed by atoms with Crippen LogP contribution in [0.25, 0.3) is 0 Å². The third kappa shape index (κ3) is 3.44. The summed E-state index contributed by atoms with van der Waals surface area (Å²) in [5, 5.41) is 10.6. The van der Waals surface area contributed by atoms with Gasteiger partial charge in [-0.2, -0.15) is 10.2 Å². The van der Waals surface area contributed by atoms with Gasteiger partial charge in [0.15, 0.2) is 19.2 Å². The number of aromatic nitrogens is 1. The molecule has 0 amide bonds. The van der Waals surface area contributed by atoms with Gasteiger partial charge in [-0.15, -0.1) is 6.42 Å². The molecule has 1 aromatic carbocycles. The number of benzene rings is 1. The third-order valence-electron chi connectivity index (χ3n) is 5.31. The quantitative estimate of drug-likeness (QED) is 0.600. The Bertz CT molecular complexity index is 817. The van der Waals surface area contributed by atoms with Gasteiger partial charge in [0.05, 0.1) is 25.3 Å². The van der Waals surface area contributed by atoms with Crippen LogP contribution in [0.3, 0.4) is 0 Å². The van der Waals surface area contributed by atoms with E-state index in [1.165, 1.54) is 0 Å². The highest BCUT2D eigenvalue weighted by molar-refractivity contribution is 5.67. The smallest absolute Gasteiger partial charge is 0.161 e. The number of hydrogen-bond acceptors (Lipinski definition) is 4. The monoisotopic (exact) mass is 351 g/mol. The molecule has 0 aliphatic carbocycles. The van der Waals surface area contributed by atoms with Crippen molar-refractivity contribution in [3.8, 4) is 12.3 Å². The largest absolute Gasteiger partial charge is 0.307 e. The van der Waals surface area contributed by atoms with Crippen LogP contribution in [-0.2, 0) is 6.67 Å². The molecule has 1 aliphatic rings. The molecule has 0 radical (unpaired) electrons. The summed E-state index contributed by atoms with van der Waals surface area (Å²) in [7, 11) is 0. The first kappa shape index (κ1) is 18.0. The molecule has 26 heavy (non-hydrogen) atoms. The molecular weight excluding hydrogens is 324 g/mol. The van der Waals surface area contributed by atoms with Crippen molar-refractivity contribution in [2.45, 2.75) is 27.4 Å². The number of rotatable bonds is 7. The first-order chi connectivity index (χ1) is 12.6. The first-order valence-electron chi connectivity index (χ1n) is 9.17. The van der Waals surface area contributed by atoms with Gasteiger partial charge in [0.25, 0.3) is 0 Å². The Hall–Kier alpha value is -2.78. The Balaban J connectivity index is 1.90. The van der Waals surface area contributed by atoms with E-state index in [-0.39, 0.29) is 0 Å². The van der Waals surface area contributed by atoms with E-state index in [1.54, 1.807) is 0 Å². The molecule has 0 saturated heterocycles. The molecule has 6 nitrogen and oxygen atoms in total. The van der Waals surface area contributed by atoms with Crippen molar-refractivity contribution in [1.29, 1.82) is 0 Å². The van der Waals surface area contributed by atoms with E-state index in [0.29, 0.717) is 6.67 Å². The van der Waals surface area contributed by atoms with Crippen LogP contribution in [0.15, 0.2) is 46.8 Å². The van der Waals surface area contributed by atoms with Gasteiger partial charge in [-0.05, 0) is 45.0 Å². The highest BCUT2D eigenvalue weighted by atomic mass is 15.6. The average molecular weight is 351 g/mol. The van der Waals surface area contributed by atoms with Gasteiger partial charge in [-0.3, -0.25) is 9.99 Å². The summed E-state index contributed by atoms with van der Waals surface area (Å²) in [6.07, 6.45) is 7.63. The third-order valence-corrected chi connectivity index (χ3v) is 5.31. The summed E-state index contributed by atoms with van der Waals surface area (Å²) in [5.41, 5.74) is 6.11. The number of anilines is 2. The summed E-state index contributed by atoms with van der Waals surface area (Å²) in [6.45, 7) is 11.4. The standard InChI is InChI=1S/C20H27N6/c1-5-17-10-9-11-18(14-17)23-25-15-21-22-19-12-13-24(20(19)25)16-26(6-2,7-3)8-4/h1,9-14,23H,6-8,15-16H2,2-4H3/q+1. The van der Waals surface area contributed by atoms with Crippen LogP contribution in [0.5, 0.6) is 0 Å². The Morgan fingerprint density at radius 1 is 1.19 bits per heavy atom. The average Bonchev–Trinajstić information content (AvgIpc) is 3.10. The molecule has 3 rings (SSSR count). The van der Waals surface area contributed by atoms with Crippen LogP contribution in [-0.4, -0.2) is 35.4 Å². The highest BCUT2D eigenvalue weighted by Crippen LogP contribution is 2.34. The second kappa shape index (κ2) is 7.63. The maximum Gasteiger partial charge on any atom is 0.161 e. The van der Waals surface area contributed by atoms with Gasteiger partial charge in [-0.1, -0.05) is 12.0 Å². The lowest BCUT2D eigenvalue weighted by atomic mass is 10.2. The number of terminal acetylenes is 1.